The van der Waals surface area contributed by atoms with Crippen LogP contribution in [0.5, 0.6) is 5.75 Å². The van der Waals surface area contributed by atoms with E-state index in [1.807, 2.05) is 37.3 Å². The number of hydrogen-bond donors (Lipinski definition) is 2. The van der Waals surface area contributed by atoms with Crippen molar-refractivity contribution in [3.8, 4) is 17.2 Å². The van der Waals surface area contributed by atoms with Crippen molar-refractivity contribution < 1.29 is 13.9 Å². The Hall–Kier alpha value is -3.42. The van der Waals surface area contributed by atoms with Gasteiger partial charge in [-0.3, -0.25) is 10.1 Å². The number of carbonyl (C=O) groups excluding carboxylic acids is 1. The van der Waals surface area contributed by atoms with Crippen LogP contribution in [0.1, 0.15) is 37.3 Å². The number of nitrogens with zero attached hydrogens (tertiary/aromatic N) is 1. The third kappa shape index (κ3) is 6.18. The third-order valence-corrected chi connectivity index (χ3v) is 6.15. The second-order valence-corrected chi connectivity index (χ2v) is 9.18. The lowest BCUT2D eigenvalue weighted by Crippen LogP contribution is -2.37. The number of ether oxygens (including phenoxy) is 1. The van der Waals surface area contributed by atoms with Crippen molar-refractivity contribution in [1.29, 1.82) is 0 Å². The molecule has 0 bridgehead atoms. The molecule has 4 rings (SSSR count). The van der Waals surface area contributed by atoms with E-state index in [0.29, 0.717) is 28.3 Å². The molecule has 0 fully saturated rings. The number of aromatic nitrogens is 1. The molecule has 3 aromatic carbocycles. The van der Waals surface area contributed by atoms with Crippen molar-refractivity contribution in [3.05, 3.63) is 76.8 Å². The number of oxazole rings is 1. The zero-order valence-corrected chi connectivity index (χ0v) is 21.3. The van der Waals surface area contributed by atoms with Crippen LogP contribution in [0.4, 0.5) is 5.69 Å². The molecule has 1 atom stereocenters. The molecular weight excluding hydrogens is 482 g/mol. The van der Waals surface area contributed by atoms with E-state index in [0.717, 1.165) is 28.6 Å². The summed E-state index contributed by atoms with van der Waals surface area (Å²) in [6.45, 7) is 6.05. The molecule has 0 saturated heterocycles. The first-order valence-corrected chi connectivity index (χ1v) is 12.1. The first-order chi connectivity index (χ1) is 16.8. The zero-order valence-electron chi connectivity index (χ0n) is 19.7. The van der Waals surface area contributed by atoms with E-state index in [1.165, 1.54) is 5.56 Å². The van der Waals surface area contributed by atoms with Crippen LogP contribution in [-0.4, -0.2) is 22.6 Å². The summed E-state index contributed by atoms with van der Waals surface area (Å²) in [6, 6.07) is 18.8. The van der Waals surface area contributed by atoms with Gasteiger partial charge in [0.1, 0.15) is 11.3 Å². The number of amides is 1. The Labute approximate surface area is 214 Å². The molecule has 0 spiro atoms. The SMILES string of the molecule is CC[C@H](C)c1ccc2oc(-c3cccc(NC(=S)NC(=O)COc4ccc(Cl)cc4C)c3)nc2c1. The Morgan fingerprint density at radius 3 is 2.77 bits per heavy atom. The van der Waals surface area contributed by atoms with Gasteiger partial charge in [-0.1, -0.05) is 37.6 Å². The molecule has 1 amide bonds. The fraction of sp³-hybridized carbons (Fsp3) is 0.222. The Morgan fingerprint density at radius 2 is 2.00 bits per heavy atom. The highest BCUT2D eigenvalue weighted by Crippen LogP contribution is 2.29. The maximum atomic E-state index is 12.3. The van der Waals surface area contributed by atoms with E-state index in [4.69, 9.17) is 33.0 Å². The van der Waals surface area contributed by atoms with Gasteiger partial charge >= 0.3 is 0 Å². The predicted octanol–water partition coefficient (Wildman–Crippen LogP) is 6.86. The number of fused-ring (bicyclic) bond motifs is 1. The summed E-state index contributed by atoms with van der Waals surface area (Å²) in [6.07, 6.45) is 1.06. The second kappa shape index (κ2) is 10.9. The lowest BCUT2D eigenvalue weighted by atomic mass is 9.98. The maximum Gasteiger partial charge on any atom is 0.264 e. The van der Waals surface area contributed by atoms with Crippen LogP contribution < -0.4 is 15.4 Å². The van der Waals surface area contributed by atoms with Crippen LogP contribution in [-0.2, 0) is 4.79 Å². The Kier molecular flexibility index (Phi) is 7.68. The second-order valence-electron chi connectivity index (χ2n) is 8.34. The monoisotopic (exact) mass is 507 g/mol. The summed E-state index contributed by atoms with van der Waals surface area (Å²) in [5.74, 6) is 1.20. The minimum Gasteiger partial charge on any atom is -0.483 e. The summed E-state index contributed by atoms with van der Waals surface area (Å²) in [7, 11) is 0. The van der Waals surface area contributed by atoms with Crippen LogP contribution in [0.2, 0.25) is 5.02 Å². The van der Waals surface area contributed by atoms with Crippen LogP contribution in [0.25, 0.3) is 22.6 Å². The summed E-state index contributed by atoms with van der Waals surface area (Å²) in [5.41, 5.74) is 5.15. The minimum atomic E-state index is -0.371. The summed E-state index contributed by atoms with van der Waals surface area (Å²) < 4.78 is 11.5. The van der Waals surface area contributed by atoms with Crippen molar-refractivity contribution >= 4 is 51.6 Å². The lowest BCUT2D eigenvalue weighted by molar-refractivity contribution is -0.121. The highest BCUT2D eigenvalue weighted by molar-refractivity contribution is 7.80. The van der Waals surface area contributed by atoms with Gasteiger partial charge in [-0.25, -0.2) is 4.98 Å². The number of hydrogen-bond acceptors (Lipinski definition) is 5. The molecule has 0 aliphatic carbocycles. The predicted molar refractivity (Wildman–Crippen MR) is 144 cm³/mol. The van der Waals surface area contributed by atoms with E-state index < -0.39 is 0 Å². The first kappa shape index (κ1) is 24.7. The van der Waals surface area contributed by atoms with E-state index in [9.17, 15) is 4.79 Å². The summed E-state index contributed by atoms with van der Waals surface area (Å²) >= 11 is 11.2. The van der Waals surface area contributed by atoms with Crippen molar-refractivity contribution in [2.45, 2.75) is 33.1 Å². The molecule has 180 valence electrons. The molecule has 0 aliphatic rings. The van der Waals surface area contributed by atoms with Crippen molar-refractivity contribution in [1.82, 2.24) is 10.3 Å². The lowest BCUT2D eigenvalue weighted by Gasteiger charge is -2.12. The van der Waals surface area contributed by atoms with Crippen LogP contribution in [0.15, 0.2) is 65.1 Å². The van der Waals surface area contributed by atoms with E-state index >= 15 is 0 Å². The van der Waals surface area contributed by atoms with Gasteiger partial charge in [0.2, 0.25) is 5.89 Å². The Balaban J connectivity index is 1.38. The van der Waals surface area contributed by atoms with Gasteiger partial charge in [-0.05, 0) is 91.1 Å². The highest BCUT2D eigenvalue weighted by Gasteiger charge is 2.12. The molecule has 6 nitrogen and oxygen atoms in total. The summed E-state index contributed by atoms with van der Waals surface area (Å²) in [4.78, 5) is 16.9. The number of nitrogens with one attached hydrogen (secondary N) is 2. The van der Waals surface area contributed by atoms with Crippen molar-refractivity contribution in [3.63, 3.8) is 0 Å². The van der Waals surface area contributed by atoms with Gasteiger partial charge < -0.3 is 14.5 Å². The molecule has 2 N–H and O–H groups in total. The zero-order chi connectivity index (χ0) is 24.9. The molecule has 1 heterocycles. The fourth-order valence-electron chi connectivity index (χ4n) is 3.58. The molecule has 8 heteroatoms. The van der Waals surface area contributed by atoms with Gasteiger partial charge in [0.05, 0.1) is 0 Å². The number of benzene rings is 3. The number of aryl methyl sites for hydroxylation is 1. The number of rotatable bonds is 7. The average molecular weight is 508 g/mol. The fourth-order valence-corrected chi connectivity index (χ4v) is 4.04. The standard InChI is InChI=1S/C27H26ClN3O3S/c1-4-16(2)18-8-10-24-22(14-18)30-26(34-24)19-6-5-7-21(13-19)29-27(35)31-25(32)15-33-23-11-9-20(28)12-17(23)3/h5-14,16H,4,15H2,1-3H3,(H2,29,31,32,35)/t16-/m0/s1. The van der Waals surface area contributed by atoms with Gasteiger partial charge in [0, 0.05) is 16.3 Å². The van der Waals surface area contributed by atoms with E-state index in [-0.39, 0.29) is 17.6 Å². The van der Waals surface area contributed by atoms with Crippen LogP contribution in [0.3, 0.4) is 0 Å². The number of halogens is 1. The van der Waals surface area contributed by atoms with Gasteiger partial charge in [0.25, 0.3) is 5.91 Å². The van der Waals surface area contributed by atoms with E-state index in [1.54, 1.807) is 18.2 Å². The van der Waals surface area contributed by atoms with Crippen molar-refractivity contribution in [2.75, 3.05) is 11.9 Å². The molecule has 1 aromatic heterocycles. The number of anilines is 1. The molecular formula is C27H26ClN3O3S. The molecule has 35 heavy (non-hydrogen) atoms. The largest absolute Gasteiger partial charge is 0.483 e. The summed E-state index contributed by atoms with van der Waals surface area (Å²) in [5, 5.41) is 6.42. The molecule has 0 unspecified atom stereocenters. The number of carbonyl (C=O) groups is 1. The molecule has 4 aromatic rings. The van der Waals surface area contributed by atoms with Gasteiger partial charge in [-0.15, -0.1) is 0 Å². The first-order valence-electron chi connectivity index (χ1n) is 11.3. The normalized spacial score (nSPS) is 11.8. The topological polar surface area (TPSA) is 76.4 Å². The van der Waals surface area contributed by atoms with Gasteiger partial charge in [-0.2, -0.15) is 0 Å². The minimum absolute atomic E-state index is 0.166. The van der Waals surface area contributed by atoms with E-state index in [2.05, 4.69) is 41.6 Å². The Morgan fingerprint density at radius 1 is 1.17 bits per heavy atom. The van der Waals surface area contributed by atoms with Crippen LogP contribution in [0, 0.1) is 6.92 Å². The molecule has 0 radical (unpaired) electrons. The third-order valence-electron chi connectivity index (χ3n) is 5.71. The number of thiocarbonyl (C=S) groups is 1. The highest BCUT2D eigenvalue weighted by atomic mass is 35.5. The average Bonchev–Trinajstić information content (AvgIpc) is 3.26. The van der Waals surface area contributed by atoms with Crippen molar-refractivity contribution in [2.24, 2.45) is 0 Å². The van der Waals surface area contributed by atoms with Gasteiger partial charge in [0.15, 0.2) is 17.3 Å². The van der Waals surface area contributed by atoms with Crippen LogP contribution >= 0.6 is 23.8 Å². The Bertz CT molecular complexity index is 1390. The molecule has 0 saturated carbocycles. The molecule has 0 aliphatic heterocycles. The smallest absolute Gasteiger partial charge is 0.264 e. The quantitative estimate of drug-likeness (QED) is 0.266. The maximum absolute atomic E-state index is 12.3.